The number of hydrogen-bond acceptors (Lipinski definition) is 4. The van der Waals surface area contributed by atoms with E-state index in [1.54, 1.807) is 18.2 Å². The standard InChI is InChI=1S/C13H14F3NO4/c1-2-21-11(19)12(20,13(14,15)16)17-10(18)8-9-6-4-3-5-7-9/h3-7,20H,2,8H2,1H3,(H,17,18)/t12-/m1/s1. The zero-order chi connectivity index (χ0) is 16.1. The highest BCUT2D eigenvalue weighted by atomic mass is 19.4. The summed E-state index contributed by atoms with van der Waals surface area (Å²) in [5.41, 5.74) is -3.63. The quantitative estimate of drug-likeness (QED) is 0.632. The molecule has 21 heavy (non-hydrogen) atoms. The van der Waals surface area contributed by atoms with Crippen LogP contribution in [0.25, 0.3) is 0 Å². The third-order valence-corrected chi connectivity index (χ3v) is 2.51. The largest absolute Gasteiger partial charge is 0.462 e. The van der Waals surface area contributed by atoms with Crippen LogP contribution in [0.15, 0.2) is 30.3 Å². The fourth-order valence-corrected chi connectivity index (χ4v) is 1.50. The van der Waals surface area contributed by atoms with E-state index in [-0.39, 0.29) is 6.61 Å². The molecule has 1 atom stereocenters. The van der Waals surface area contributed by atoms with Gasteiger partial charge in [0.15, 0.2) is 0 Å². The van der Waals surface area contributed by atoms with Crippen molar-refractivity contribution in [3.8, 4) is 0 Å². The highest BCUT2D eigenvalue weighted by Crippen LogP contribution is 2.29. The van der Waals surface area contributed by atoms with Crippen molar-refractivity contribution in [3.05, 3.63) is 35.9 Å². The molecule has 0 spiro atoms. The number of amides is 1. The number of ether oxygens (including phenoxy) is 1. The van der Waals surface area contributed by atoms with Gasteiger partial charge in [-0.05, 0) is 12.5 Å². The Hall–Kier alpha value is -2.09. The van der Waals surface area contributed by atoms with E-state index in [4.69, 9.17) is 0 Å². The molecule has 2 N–H and O–H groups in total. The van der Waals surface area contributed by atoms with Crippen LogP contribution in [0, 0.1) is 0 Å². The van der Waals surface area contributed by atoms with E-state index < -0.39 is 30.2 Å². The van der Waals surface area contributed by atoms with Crippen molar-refractivity contribution >= 4 is 11.9 Å². The Morgan fingerprint density at radius 2 is 1.81 bits per heavy atom. The number of nitrogens with one attached hydrogen (secondary N) is 1. The smallest absolute Gasteiger partial charge is 0.448 e. The summed E-state index contributed by atoms with van der Waals surface area (Å²) in [5, 5.41) is 10.7. The molecule has 0 aliphatic carbocycles. The van der Waals surface area contributed by atoms with Gasteiger partial charge in [0.25, 0.3) is 0 Å². The SMILES string of the molecule is CCOC(=O)[C@](O)(NC(=O)Cc1ccccc1)C(F)(F)F. The van der Waals surface area contributed by atoms with Crippen molar-refractivity contribution in [2.45, 2.75) is 25.2 Å². The summed E-state index contributed by atoms with van der Waals surface area (Å²) in [7, 11) is 0. The number of hydrogen-bond donors (Lipinski definition) is 2. The first-order valence-electron chi connectivity index (χ1n) is 6.02. The molecule has 0 aromatic heterocycles. The Labute approximate surface area is 118 Å². The maximum atomic E-state index is 12.8. The van der Waals surface area contributed by atoms with Crippen molar-refractivity contribution in [2.75, 3.05) is 6.61 Å². The molecule has 0 aliphatic rings. The Kier molecular flexibility index (Phi) is 5.31. The lowest BCUT2D eigenvalue weighted by Crippen LogP contribution is -2.64. The van der Waals surface area contributed by atoms with Gasteiger partial charge in [-0.25, -0.2) is 4.79 Å². The van der Waals surface area contributed by atoms with Gasteiger partial charge in [-0.3, -0.25) is 4.79 Å². The summed E-state index contributed by atoms with van der Waals surface area (Å²) in [6.07, 6.45) is -5.82. The van der Waals surface area contributed by atoms with Gasteiger partial charge in [0.2, 0.25) is 5.91 Å². The monoisotopic (exact) mass is 305 g/mol. The molecular formula is C13H14F3NO4. The molecule has 0 saturated heterocycles. The lowest BCUT2D eigenvalue weighted by molar-refractivity contribution is -0.271. The normalized spacial score (nSPS) is 14.1. The van der Waals surface area contributed by atoms with E-state index in [2.05, 4.69) is 4.74 Å². The molecule has 0 unspecified atom stereocenters. The number of alkyl halides is 3. The van der Waals surface area contributed by atoms with Crippen LogP contribution in [0.4, 0.5) is 13.2 Å². The molecular weight excluding hydrogens is 291 g/mol. The van der Waals surface area contributed by atoms with Gasteiger partial charge in [-0.2, -0.15) is 13.2 Å². The van der Waals surface area contributed by atoms with Crippen LogP contribution < -0.4 is 5.32 Å². The minimum absolute atomic E-state index is 0.369. The predicted octanol–water partition coefficient (Wildman–Crippen LogP) is 1.16. The van der Waals surface area contributed by atoms with E-state index >= 15 is 0 Å². The second-order valence-corrected chi connectivity index (χ2v) is 4.14. The highest BCUT2D eigenvalue weighted by Gasteiger charge is 2.62. The van der Waals surface area contributed by atoms with E-state index in [1.807, 2.05) is 0 Å². The second kappa shape index (κ2) is 6.57. The molecule has 0 fully saturated rings. The Balaban J connectivity index is 2.87. The summed E-state index contributed by atoms with van der Waals surface area (Å²) in [5.74, 6) is -3.13. The lowest BCUT2D eigenvalue weighted by Gasteiger charge is -2.28. The van der Waals surface area contributed by atoms with Gasteiger partial charge in [0.05, 0.1) is 13.0 Å². The van der Waals surface area contributed by atoms with E-state index in [0.29, 0.717) is 5.56 Å². The van der Waals surface area contributed by atoms with Gasteiger partial charge < -0.3 is 15.2 Å². The maximum Gasteiger partial charge on any atom is 0.448 e. The molecule has 0 radical (unpaired) electrons. The number of aliphatic hydroxyl groups is 1. The van der Waals surface area contributed by atoms with Crippen LogP contribution in [0.1, 0.15) is 12.5 Å². The first-order chi connectivity index (χ1) is 9.70. The molecule has 8 heteroatoms. The van der Waals surface area contributed by atoms with Crippen LogP contribution in [0.3, 0.4) is 0 Å². The van der Waals surface area contributed by atoms with Gasteiger partial charge in [0.1, 0.15) is 0 Å². The zero-order valence-electron chi connectivity index (χ0n) is 11.1. The van der Waals surface area contributed by atoms with E-state index in [1.165, 1.54) is 24.4 Å². The Morgan fingerprint density at radius 1 is 1.24 bits per heavy atom. The van der Waals surface area contributed by atoms with Crippen LogP contribution in [-0.2, 0) is 20.7 Å². The van der Waals surface area contributed by atoms with Crippen molar-refractivity contribution in [2.24, 2.45) is 0 Å². The number of carbonyl (C=O) groups excluding carboxylic acids is 2. The summed E-state index contributed by atoms with van der Waals surface area (Å²) < 4.78 is 42.6. The number of benzene rings is 1. The van der Waals surface area contributed by atoms with Crippen molar-refractivity contribution in [3.63, 3.8) is 0 Å². The first kappa shape index (κ1) is 17.0. The van der Waals surface area contributed by atoms with Crippen LogP contribution >= 0.6 is 0 Å². The van der Waals surface area contributed by atoms with Gasteiger partial charge in [0, 0.05) is 0 Å². The summed E-state index contributed by atoms with van der Waals surface area (Å²) in [6.45, 7) is 0.909. The third-order valence-electron chi connectivity index (χ3n) is 2.51. The van der Waals surface area contributed by atoms with E-state index in [9.17, 15) is 27.9 Å². The van der Waals surface area contributed by atoms with Gasteiger partial charge in [-0.15, -0.1) is 0 Å². The molecule has 0 bridgehead atoms. The summed E-state index contributed by atoms with van der Waals surface area (Å²) in [4.78, 5) is 22.9. The molecule has 0 saturated carbocycles. The zero-order valence-corrected chi connectivity index (χ0v) is 11.1. The topological polar surface area (TPSA) is 75.6 Å². The second-order valence-electron chi connectivity index (χ2n) is 4.14. The fourth-order valence-electron chi connectivity index (χ4n) is 1.50. The summed E-state index contributed by atoms with van der Waals surface area (Å²) in [6, 6.07) is 7.92. The van der Waals surface area contributed by atoms with Crippen LogP contribution in [-0.4, -0.2) is 35.5 Å². The maximum absolute atomic E-state index is 12.8. The molecule has 116 valence electrons. The first-order valence-corrected chi connectivity index (χ1v) is 6.02. The fraction of sp³-hybridized carbons (Fsp3) is 0.385. The molecule has 0 heterocycles. The average Bonchev–Trinajstić information content (AvgIpc) is 2.38. The molecule has 1 amide bonds. The van der Waals surface area contributed by atoms with Crippen molar-refractivity contribution in [1.82, 2.24) is 5.32 Å². The van der Waals surface area contributed by atoms with Gasteiger partial charge >= 0.3 is 17.9 Å². The molecule has 5 nitrogen and oxygen atoms in total. The number of rotatable bonds is 5. The van der Waals surface area contributed by atoms with Gasteiger partial charge in [-0.1, -0.05) is 30.3 Å². The minimum Gasteiger partial charge on any atom is -0.462 e. The van der Waals surface area contributed by atoms with Crippen molar-refractivity contribution in [1.29, 1.82) is 0 Å². The molecule has 1 aromatic rings. The Bertz CT molecular complexity index is 504. The number of halogens is 3. The van der Waals surface area contributed by atoms with E-state index in [0.717, 1.165) is 0 Å². The third kappa shape index (κ3) is 4.19. The Morgan fingerprint density at radius 3 is 2.29 bits per heavy atom. The average molecular weight is 305 g/mol. The molecule has 1 aromatic carbocycles. The lowest BCUT2D eigenvalue weighted by atomic mass is 10.1. The summed E-state index contributed by atoms with van der Waals surface area (Å²) >= 11 is 0. The number of esters is 1. The van der Waals surface area contributed by atoms with Crippen molar-refractivity contribution < 1.29 is 32.6 Å². The van der Waals surface area contributed by atoms with Crippen LogP contribution in [0.5, 0.6) is 0 Å². The highest BCUT2D eigenvalue weighted by molar-refractivity contribution is 5.88. The molecule has 0 aliphatic heterocycles. The molecule has 1 rings (SSSR count). The minimum atomic E-state index is -5.40. The predicted molar refractivity (Wildman–Crippen MR) is 65.9 cm³/mol. The van der Waals surface area contributed by atoms with Crippen LogP contribution in [0.2, 0.25) is 0 Å². The number of carbonyl (C=O) groups is 2.